The van der Waals surface area contributed by atoms with E-state index in [9.17, 15) is 5.11 Å². The summed E-state index contributed by atoms with van der Waals surface area (Å²) in [6.07, 6.45) is 0. The zero-order valence-electron chi connectivity index (χ0n) is 13.9. The summed E-state index contributed by atoms with van der Waals surface area (Å²) in [5.41, 5.74) is 0.642. The van der Waals surface area contributed by atoms with Crippen molar-refractivity contribution < 1.29 is 5.11 Å². The van der Waals surface area contributed by atoms with Crippen LogP contribution in [0.4, 0.5) is 0 Å². The molecule has 0 spiro atoms. The van der Waals surface area contributed by atoms with Gasteiger partial charge in [-0.05, 0) is 43.0 Å². The second-order valence-electron chi connectivity index (χ2n) is 5.61. The third kappa shape index (κ3) is 5.08. The van der Waals surface area contributed by atoms with Gasteiger partial charge in [-0.2, -0.15) is 5.26 Å². The summed E-state index contributed by atoms with van der Waals surface area (Å²) >= 11 is 1.53. The molecule has 6 heteroatoms. The number of nitriles is 1. The van der Waals surface area contributed by atoms with Crippen molar-refractivity contribution in [2.75, 3.05) is 13.1 Å². The van der Waals surface area contributed by atoms with Crippen LogP contribution in [0, 0.1) is 11.3 Å². The first-order valence-corrected chi connectivity index (χ1v) is 8.70. The van der Waals surface area contributed by atoms with Gasteiger partial charge in [0.15, 0.2) is 5.96 Å². The summed E-state index contributed by atoms with van der Waals surface area (Å²) in [6, 6.07) is 13.4. The molecule has 24 heavy (non-hydrogen) atoms. The van der Waals surface area contributed by atoms with Crippen LogP contribution < -0.4 is 10.6 Å². The molecule has 5 nitrogen and oxygen atoms in total. The van der Waals surface area contributed by atoms with Gasteiger partial charge in [-0.15, -0.1) is 11.3 Å². The Hall–Kier alpha value is -2.36. The normalized spacial score (nSPS) is 13.8. The van der Waals surface area contributed by atoms with Crippen LogP contribution in [0.2, 0.25) is 0 Å². The van der Waals surface area contributed by atoms with E-state index in [1.807, 2.05) is 42.6 Å². The van der Waals surface area contributed by atoms with Crippen molar-refractivity contribution in [2.45, 2.75) is 26.0 Å². The molecule has 1 atom stereocenters. The predicted molar refractivity (Wildman–Crippen MR) is 97.9 cm³/mol. The van der Waals surface area contributed by atoms with Crippen molar-refractivity contribution in [3.63, 3.8) is 0 Å². The molecule has 0 radical (unpaired) electrons. The molecule has 0 saturated heterocycles. The summed E-state index contributed by atoms with van der Waals surface area (Å²) in [6.45, 7) is 5.32. The molecular formula is C18H22N4OS. The molecule has 1 unspecified atom stereocenters. The van der Waals surface area contributed by atoms with Gasteiger partial charge < -0.3 is 15.7 Å². The van der Waals surface area contributed by atoms with Crippen LogP contribution in [-0.2, 0) is 12.1 Å². The molecule has 1 aromatic carbocycles. The molecule has 1 heterocycles. The number of nitrogens with one attached hydrogen (secondary N) is 2. The number of aliphatic imine (C=N–C) groups is 1. The van der Waals surface area contributed by atoms with E-state index in [0.717, 1.165) is 17.0 Å². The fourth-order valence-corrected chi connectivity index (χ4v) is 2.97. The molecule has 0 aliphatic heterocycles. The van der Waals surface area contributed by atoms with Gasteiger partial charge >= 0.3 is 0 Å². The topological polar surface area (TPSA) is 80.4 Å². The van der Waals surface area contributed by atoms with E-state index in [1.54, 1.807) is 13.0 Å². The Balaban J connectivity index is 2.01. The number of hydrogen-bond acceptors (Lipinski definition) is 4. The van der Waals surface area contributed by atoms with Gasteiger partial charge in [-0.25, -0.2) is 4.99 Å². The maximum absolute atomic E-state index is 10.6. The number of hydrogen-bond donors (Lipinski definition) is 3. The SMILES string of the molecule is CCNC(=NCc1cccc(C#N)c1)NCC(C)(O)c1cccs1. The lowest BCUT2D eigenvalue weighted by molar-refractivity contribution is 0.0655. The Kier molecular flexibility index (Phi) is 6.36. The minimum absolute atomic E-state index is 0.359. The van der Waals surface area contributed by atoms with Gasteiger partial charge in [0, 0.05) is 11.4 Å². The van der Waals surface area contributed by atoms with Gasteiger partial charge in [-0.1, -0.05) is 18.2 Å². The van der Waals surface area contributed by atoms with Gasteiger partial charge in [0.2, 0.25) is 0 Å². The number of rotatable bonds is 6. The minimum Gasteiger partial charge on any atom is -0.383 e. The van der Waals surface area contributed by atoms with Crippen LogP contribution >= 0.6 is 11.3 Å². The van der Waals surface area contributed by atoms with Crippen molar-refractivity contribution in [1.82, 2.24) is 10.6 Å². The van der Waals surface area contributed by atoms with E-state index >= 15 is 0 Å². The van der Waals surface area contributed by atoms with Crippen LogP contribution in [0.15, 0.2) is 46.8 Å². The van der Waals surface area contributed by atoms with Crippen LogP contribution in [-0.4, -0.2) is 24.2 Å². The first-order chi connectivity index (χ1) is 11.5. The third-order valence-corrected chi connectivity index (χ3v) is 4.60. The van der Waals surface area contributed by atoms with Gasteiger partial charge in [0.05, 0.1) is 24.7 Å². The third-order valence-electron chi connectivity index (χ3n) is 3.47. The van der Waals surface area contributed by atoms with E-state index in [4.69, 9.17) is 5.26 Å². The van der Waals surface area contributed by atoms with E-state index in [-0.39, 0.29) is 0 Å². The molecule has 2 aromatic rings. The standard InChI is InChI=1S/C18H22N4OS/c1-3-20-17(21-12-15-7-4-6-14(10-15)11-19)22-13-18(2,23)16-8-5-9-24-16/h4-10,23H,3,12-13H2,1-2H3,(H2,20,21,22). The summed E-state index contributed by atoms with van der Waals surface area (Å²) in [5.74, 6) is 0.636. The van der Waals surface area contributed by atoms with Crippen LogP contribution in [0.3, 0.4) is 0 Å². The fraction of sp³-hybridized carbons (Fsp3) is 0.333. The van der Waals surface area contributed by atoms with Crippen molar-refractivity contribution in [3.8, 4) is 6.07 Å². The van der Waals surface area contributed by atoms with Gasteiger partial charge in [-0.3, -0.25) is 0 Å². The highest BCUT2D eigenvalue weighted by Gasteiger charge is 2.24. The Bertz CT molecular complexity index is 717. The largest absolute Gasteiger partial charge is 0.383 e. The molecule has 126 valence electrons. The monoisotopic (exact) mass is 342 g/mol. The second-order valence-corrected chi connectivity index (χ2v) is 6.56. The lowest BCUT2D eigenvalue weighted by Crippen LogP contribution is -2.44. The van der Waals surface area contributed by atoms with Gasteiger partial charge in [0.25, 0.3) is 0 Å². The molecule has 0 saturated carbocycles. The van der Waals surface area contributed by atoms with Crippen molar-refractivity contribution in [3.05, 3.63) is 57.8 Å². The Morgan fingerprint density at radius 3 is 2.83 bits per heavy atom. The Morgan fingerprint density at radius 2 is 2.17 bits per heavy atom. The van der Waals surface area contributed by atoms with Gasteiger partial charge in [0.1, 0.15) is 5.60 Å². The molecular weight excluding hydrogens is 320 g/mol. The van der Waals surface area contributed by atoms with E-state index < -0.39 is 5.60 Å². The molecule has 0 bridgehead atoms. The quantitative estimate of drug-likeness (QED) is 0.557. The average Bonchev–Trinajstić information content (AvgIpc) is 3.13. The lowest BCUT2D eigenvalue weighted by Gasteiger charge is -2.23. The molecule has 0 aliphatic carbocycles. The average molecular weight is 342 g/mol. The van der Waals surface area contributed by atoms with E-state index in [2.05, 4.69) is 21.7 Å². The zero-order chi connectivity index (χ0) is 17.4. The van der Waals surface area contributed by atoms with Crippen molar-refractivity contribution >= 4 is 17.3 Å². The van der Waals surface area contributed by atoms with E-state index in [0.29, 0.717) is 24.6 Å². The number of thiophene rings is 1. The molecule has 1 aromatic heterocycles. The molecule has 0 aliphatic rings. The molecule has 3 N–H and O–H groups in total. The second kappa shape index (κ2) is 8.48. The first-order valence-electron chi connectivity index (χ1n) is 7.82. The highest BCUT2D eigenvalue weighted by atomic mass is 32.1. The van der Waals surface area contributed by atoms with Crippen LogP contribution in [0.1, 0.15) is 29.9 Å². The van der Waals surface area contributed by atoms with Crippen molar-refractivity contribution in [1.29, 1.82) is 5.26 Å². The Morgan fingerprint density at radius 1 is 1.33 bits per heavy atom. The Labute approximate surface area is 146 Å². The smallest absolute Gasteiger partial charge is 0.191 e. The number of aliphatic hydroxyl groups is 1. The number of guanidine groups is 1. The van der Waals surface area contributed by atoms with E-state index in [1.165, 1.54) is 11.3 Å². The van der Waals surface area contributed by atoms with Crippen molar-refractivity contribution in [2.24, 2.45) is 4.99 Å². The number of nitrogens with zero attached hydrogens (tertiary/aromatic N) is 2. The lowest BCUT2D eigenvalue weighted by atomic mass is 10.1. The highest BCUT2D eigenvalue weighted by molar-refractivity contribution is 7.10. The maximum atomic E-state index is 10.6. The number of benzene rings is 1. The predicted octanol–water partition coefficient (Wildman–Crippen LogP) is 2.58. The summed E-state index contributed by atoms with van der Waals surface area (Å²) in [5, 5.41) is 27.8. The molecule has 2 rings (SSSR count). The highest BCUT2D eigenvalue weighted by Crippen LogP contribution is 2.24. The zero-order valence-corrected chi connectivity index (χ0v) is 14.7. The summed E-state index contributed by atoms with van der Waals surface area (Å²) in [7, 11) is 0. The summed E-state index contributed by atoms with van der Waals surface area (Å²) < 4.78 is 0. The molecule has 0 amide bonds. The van der Waals surface area contributed by atoms with Crippen LogP contribution in [0.25, 0.3) is 0 Å². The first kappa shape index (κ1) is 18.0. The maximum Gasteiger partial charge on any atom is 0.191 e. The molecule has 0 fully saturated rings. The van der Waals surface area contributed by atoms with Crippen LogP contribution in [0.5, 0.6) is 0 Å². The summed E-state index contributed by atoms with van der Waals surface area (Å²) in [4.78, 5) is 5.43. The fourth-order valence-electron chi connectivity index (χ4n) is 2.18. The minimum atomic E-state index is -0.953.